The maximum absolute atomic E-state index is 13.5. The van der Waals surface area contributed by atoms with Gasteiger partial charge in [-0.2, -0.15) is 5.26 Å². The van der Waals surface area contributed by atoms with Crippen molar-refractivity contribution in [2.24, 2.45) is 0 Å². The van der Waals surface area contributed by atoms with E-state index in [-0.39, 0.29) is 18.0 Å². The molecule has 0 radical (unpaired) electrons. The van der Waals surface area contributed by atoms with Gasteiger partial charge in [0.2, 0.25) is 5.91 Å². The molecule has 178 valence electrons. The molecule has 3 atom stereocenters. The second-order valence-corrected chi connectivity index (χ2v) is 9.85. The van der Waals surface area contributed by atoms with E-state index in [0.717, 1.165) is 52.9 Å². The van der Waals surface area contributed by atoms with Crippen molar-refractivity contribution in [1.82, 2.24) is 14.5 Å². The SMILES string of the molecule is Cc1ncc2n1[C@@H]1CC[C@H]2N2CCN(C(=O)C2)c2cccc3ccc(cc23)Oc2cc1ccc2C#N. The van der Waals surface area contributed by atoms with Crippen LogP contribution in [0.4, 0.5) is 5.69 Å². The van der Waals surface area contributed by atoms with Crippen molar-refractivity contribution in [3.63, 3.8) is 0 Å². The molecule has 6 aliphatic heterocycles. The number of hydrogen-bond donors (Lipinski definition) is 0. The van der Waals surface area contributed by atoms with Gasteiger partial charge in [-0.25, -0.2) is 4.98 Å². The lowest BCUT2D eigenvalue weighted by Gasteiger charge is -2.42. The minimum atomic E-state index is 0.0990. The molecule has 1 saturated heterocycles. The number of carbonyl (C=O) groups excluding carboxylic acids is 1. The van der Waals surface area contributed by atoms with Gasteiger partial charge >= 0.3 is 0 Å². The number of aryl methyl sites for hydroxylation is 1. The number of carbonyl (C=O) groups is 1. The van der Waals surface area contributed by atoms with E-state index >= 15 is 0 Å². The summed E-state index contributed by atoms with van der Waals surface area (Å²) in [5.41, 5.74) is 3.64. The summed E-state index contributed by atoms with van der Waals surface area (Å²) in [5, 5.41) is 11.8. The van der Waals surface area contributed by atoms with Crippen LogP contribution in [0.1, 0.15) is 47.6 Å². The van der Waals surface area contributed by atoms with Gasteiger partial charge in [0.15, 0.2) is 0 Å². The summed E-state index contributed by atoms with van der Waals surface area (Å²) in [6, 6.07) is 20.4. The molecule has 4 aromatic rings. The van der Waals surface area contributed by atoms with E-state index in [1.165, 1.54) is 0 Å². The van der Waals surface area contributed by atoms with Gasteiger partial charge in [-0.15, -0.1) is 0 Å². The highest BCUT2D eigenvalue weighted by Crippen LogP contribution is 2.42. The van der Waals surface area contributed by atoms with Gasteiger partial charge in [-0.05, 0) is 61.0 Å². The third kappa shape index (κ3) is 3.15. The summed E-state index contributed by atoms with van der Waals surface area (Å²) < 4.78 is 8.66. The zero-order valence-electron chi connectivity index (χ0n) is 20.0. The van der Waals surface area contributed by atoms with E-state index in [1.807, 2.05) is 72.6 Å². The van der Waals surface area contributed by atoms with Crippen LogP contribution in [0.2, 0.25) is 0 Å². The molecule has 6 aliphatic rings. The molecule has 1 aromatic heterocycles. The number of rotatable bonds is 0. The average molecular weight is 476 g/mol. The largest absolute Gasteiger partial charge is 0.456 e. The number of anilines is 1. The van der Waals surface area contributed by atoms with Crippen molar-refractivity contribution < 1.29 is 9.53 Å². The maximum Gasteiger partial charge on any atom is 0.241 e. The number of amides is 1. The Balaban J connectivity index is 1.46. The van der Waals surface area contributed by atoms with E-state index in [1.54, 1.807) is 0 Å². The molecule has 1 unspecified atom stereocenters. The highest BCUT2D eigenvalue weighted by molar-refractivity contribution is 6.05. The lowest BCUT2D eigenvalue weighted by Crippen LogP contribution is -2.52. The Morgan fingerprint density at radius 3 is 2.81 bits per heavy atom. The molecule has 7 nitrogen and oxygen atoms in total. The van der Waals surface area contributed by atoms with Crippen LogP contribution < -0.4 is 9.64 Å². The first-order valence-electron chi connectivity index (χ1n) is 12.4. The summed E-state index contributed by atoms with van der Waals surface area (Å²) in [6.07, 6.45) is 3.83. The summed E-state index contributed by atoms with van der Waals surface area (Å²) in [7, 11) is 0. The molecule has 36 heavy (non-hydrogen) atoms. The second-order valence-electron chi connectivity index (χ2n) is 9.85. The maximum atomic E-state index is 13.5. The van der Waals surface area contributed by atoms with E-state index in [9.17, 15) is 10.1 Å². The van der Waals surface area contributed by atoms with Gasteiger partial charge in [-0.3, -0.25) is 9.69 Å². The predicted octanol–water partition coefficient (Wildman–Crippen LogP) is 5.10. The van der Waals surface area contributed by atoms with Crippen LogP contribution in [-0.4, -0.2) is 40.0 Å². The number of nitriles is 1. The van der Waals surface area contributed by atoms with Gasteiger partial charge < -0.3 is 14.2 Å². The fraction of sp³-hybridized carbons (Fsp3) is 0.276. The average Bonchev–Trinajstić information content (AvgIpc) is 3.29. The molecular formula is C29H25N5O2. The third-order valence-corrected chi connectivity index (χ3v) is 7.93. The molecule has 0 aliphatic carbocycles. The molecule has 7 heteroatoms. The zero-order valence-corrected chi connectivity index (χ0v) is 20.0. The fourth-order valence-electron chi connectivity index (χ4n) is 6.20. The van der Waals surface area contributed by atoms with Crippen molar-refractivity contribution >= 4 is 22.4 Å². The van der Waals surface area contributed by atoms with Crippen LogP contribution in [-0.2, 0) is 4.79 Å². The molecule has 1 amide bonds. The van der Waals surface area contributed by atoms with E-state index < -0.39 is 0 Å². The third-order valence-electron chi connectivity index (χ3n) is 7.93. The van der Waals surface area contributed by atoms with Crippen LogP contribution in [0.15, 0.2) is 60.8 Å². The van der Waals surface area contributed by atoms with Gasteiger partial charge in [0.05, 0.1) is 41.8 Å². The molecule has 0 N–H and O–H groups in total. The van der Waals surface area contributed by atoms with E-state index in [4.69, 9.17) is 4.74 Å². The Labute approximate surface area is 209 Å². The highest BCUT2D eigenvalue weighted by atomic mass is 16.5. The lowest BCUT2D eigenvalue weighted by atomic mass is 9.91. The van der Waals surface area contributed by atoms with Gasteiger partial charge in [0, 0.05) is 18.5 Å². The summed E-state index contributed by atoms with van der Waals surface area (Å²) in [4.78, 5) is 22.4. The first-order valence-corrected chi connectivity index (χ1v) is 12.4. The number of imidazole rings is 1. The van der Waals surface area contributed by atoms with Crippen molar-refractivity contribution in [2.75, 3.05) is 24.5 Å². The van der Waals surface area contributed by atoms with Gasteiger partial charge in [0.1, 0.15) is 23.4 Å². The number of benzene rings is 3. The van der Waals surface area contributed by atoms with Crippen LogP contribution in [0.5, 0.6) is 11.5 Å². The Kier molecular flexibility index (Phi) is 4.66. The fourth-order valence-corrected chi connectivity index (χ4v) is 6.20. The molecule has 0 saturated carbocycles. The number of aromatic nitrogens is 2. The number of piperazine rings is 1. The van der Waals surface area contributed by atoms with Crippen LogP contribution in [0.25, 0.3) is 10.8 Å². The molecule has 7 heterocycles. The molecule has 10 rings (SSSR count). The number of hydrogen-bond acceptors (Lipinski definition) is 5. The van der Waals surface area contributed by atoms with Crippen LogP contribution >= 0.6 is 0 Å². The summed E-state index contributed by atoms with van der Waals surface area (Å²) >= 11 is 0. The zero-order chi connectivity index (χ0) is 24.4. The normalized spacial score (nSPS) is 22.5. The van der Waals surface area contributed by atoms with Gasteiger partial charge in [0.25, 0.3) is 0 Å². The Hall–Kier alpha value is -4.15. The minimum Gasteiger partial charge on any atom is -0.456 e. The van der Waals surface area contributed by atoms with Crippen molar-refractivity contribution in [3.05, 3.63) is 83.4 Å². The van der Waals surface area contributed by atoms with Crippen LogP contribution in [0, 0.1) is 18.3 Å². The molecular weight excluding hydrogens is 450 g/mol. The Bertz CT molecular complexity index is 1580. The number of ether oxygens (including phenoxy) is 1. The molecule has 1 fully saturated rings. The quantitative estimate of drug-likeness (QED) is 0.354. The number of nitrogens with zero attached hydrogens (tertiary/aromatic N) is 5. The molecule has 0 spiro atoms. The standard InChI is InChI=1S/C29H25N5O2/c1-18-31-16-27-26-10-9-24(34(18)27)20-5-6-21(15-30)28(13-20)36-22-8-7-19-3-2-4-25(23(19)14-22)33-12-11-32(26)17-29(33)35/h2-8,13-14,16,24,26H,9-12,17H2,1H3/t24-,26-/m1/s1. The minimum absolute atomic E-state index is 0.0990. The summed E-state index contributed by atoms with van der Waals surface area (Å²) in [6.45, 7) is 3.85. The van der Waals surface area contributed by atoms with Crippen molar-refractivity contribution in [1.29, 1.82) is 5.26 Å². The topological polar surface area (TPSA) is 74.4 Å². The van der Waals surface area contributed by atoms with Crippen molar-refractivity contribution in [2.45, 2.75) is 31.8 Å². The first kappa shape index (κ1) is 21.2. The molecule has 8 bridgehead atoms. The highest BCUT2D eigenvalue weighted by Gasteiger charge is 2.37. The first-order chi connectivity index (χ1) is 17.6. The van der Waals surface area contributed by atoms with E-state index in [2.05, 4.69) is 20.5 Å². The second kappa shape index (κ2) is 7.94. The Morgan fingerprint density at radius 1 is 1.06 bits per heavy atom. The lowest BCUT2D eigenvalue weighted by molar-refractivity contribution is -0.122. The summed E-state index contributed by atoms with van der Waals surface area (Å²) in [5.74, 6) is 2.25. The monoisotopic (exact) mass is 475 g/mol. The van der Waals surface area contributed by atoms with Crippen molar-refractivity contribution in [3.8, 4) is 17.6 Å². The smallest absolute Gasteiger partial charge is 0.241 e. The Morgan fingerprint density at radius 2 is 1.94 bits per heavy atom. The molecule has 3 aromatic carbocycles. The predicted molar refractivity (Wildman–Crippen MR) is 136 cm³/mol. The van der Waals surface area contributed by atoms with Crippen LogP contribution in [0.3, 0.4) is 0 Å². The van der Waals surface area contributed by atoms with Gasteiger partial charge in [-0.1, -0.05) is 24.3 Å². The van der Waals surface area contributed by atoms with E-state index in [0.29, 0.717) is 30.2 Å².